The summed E-state index contributed by atoms with van der Waals surface area (Å²) in [5, 5.41) is 13.3. The number of nitrogen functional groups attached to an aromatic ring is 1. The molecule has 0 unspecified atom stereocenters. The number of hydrogen-bond donors (Lipinski definition) is 3. The molecule has 2 aromatic heterocycles. The minimum atomic E-state index is -2.25. The van der Waals surface area contributed by atoms with Crippen molar-refractivity contribution in [2.75, 3.05) is 19.0 Å². The van der Waals surface area contributed by atoms with E-state index >= 15 is 0 Å². The van der Waals surface area contributed by atoms with Gasteiger partial charge in [-0.1, -0.05) is 58.5 Å². The van der Waals surface area contributed by atoms with Crippen LogP contribution in [0.1, 0.15) is 17.4 Å². The van der Waals surface area contributed by atoms with Crippen molar-refractivity contribution in [3.63, 3.8) is 0 Å². The zero-order valence-electron chi connectivity index (χ0n) is 20.5. The van der Waals surface area contributed by atoms with Gasteiger partial charge in [0.05, 0.1) is 26.1 Å². The highest BCUT2D eigenvalue weighted by molar-refractivity contribution is 6.35. The lowest BCUT2D eigenvalue weighted by Gasteiger charge is -2.31. The molecule has 10 nitrogen and oxygen atoms in total. The first-order chi connectivity index (χ1) is 19.1. The molecule has 4 atom stereocenters. The van der Waals surface area contributed by atoms with Crippen LogP contribution in [0.5, 0.6) is 0 Å². The number of ether oxygens (including phenoxy) is 3. The average molecular weight is 633 g/mol. The number of imidazole rings is 1. The number of nitrogens with zero attached hydrogens (tertiary/aromatic N) is 3. The molecule has 0 radical (unpaired) electrons. The van der Waals surface area contributed by atoms with Crippen molar-refractivity contribution in [1.82, 2.24) is 19.5 Å². The second-order valence-electron chi connectivity index (χ2n) is 9.15. The van der Waals surface area contributed by atoms with Crippen LogP contribution in [-0.4, -0.2) is 55.7 Å². The number of anilines is 1. The summed E-state index contributed by atoms with van der Waals surface area (Å²) in [5.41, 5.74) is 3.99. The summed E-state index contributed by atoms with van der Waals surface area (Å²) in [6, 6.07) is 9.79. The Morgan fingerprint density at radius 3 is 2.38 bits per heavy atom. The van der Waals surface area contributed by atoms with Crippen LogP contribution in [0, 0.1) is 0 Å². The van der Waals surface area contributed by atoms with E-state index in [1.165, 1.54) is 10.9 Å². The molecule has 1 aliphatic rings. The van der Waals surface area contributed by atoms with Crippen LogP contribution >= 0.6 is 46.4 Å². The molecule has 212 valence electrons. The molecule has 15 heteroatoms. The van der Waals surface area contributed by atoms with Gasteiger partial charge < -0.3 is 25.1 Å². The normalized spacial score (nSPS) is 22.8. The summed E-state index contributed by atoms with van der Waals surface area (Å²) in [4.78, 5) is 22.8. The molecule has 2 aromatic carbocycles. The van der Waals surface area contributed by atoms with Crippen LogP contribution in [0.25, 0.3) is 11.2 Å². The van der Waals surface area contributed by atoms with Gasteiger partial charge in [0.25, 0.3) is 5.56 Å². The zero-order chi connectivity index (χ0) is 28.6. The SMILES string of the molecule is Nc1nc2c(ncn2[C@@H]2O[C@H](COCc3ccc(Cl)cc3Cl)[C@@H](OCc3ccc(Cl)cc3Cl)[C@]2(O)CF)c(=O)[nH]1. The van der Waals surface area contributed by atoms with E-state index in [0.717, 1.165) is 0 Å². The molecule has 40 heavy (non-hydrogen) atoms. The molecule has 4 N–H and O–H groups in total. The second-order valence-corrected chi connectivity index (χ2v) is 10.8. The van der Waals surface area contributed by atoms with Crippen LogP contribution < -0.4 is 11.3 Å². The maximum atomic E-state index is 14.8. The first kappa shape index (κ1) is 29.0. The Bertz CT molecular complexity index is 1600. The molecule has 0 amide bonds. The predicted molar refractivity (Wildman–Crippen MR) is 149 cm³/mol. The molecule has 0 bridgehead atoms. The minimum absolute atomic E-state index is 0.00728. The van der Waals surface area contributed by atoms with E-state index in [-0.39, 0.29) is 36.9 Å². The van der Waals surface area contributed by atoms with Crippen molar-refractivity contribution in [1.29, 1.82) is 0 Å². The largest absolute Gasteiger partial charge is 0.380 e. The Morgan fingerprint density at radius 2 is 1.75 bits per heavy atom. The highest BCUT2D eigenvalue weighted by Gasteiger charge is 2.58. The van der Waals surface area contributed by atoms with Crippen LogP contribution in [0.3, 0.4) is 0 Å². The van der Waals surface area contributed by atoms with Gasteiger partial charge in [-0.25, -0.2) is 9.37 Å². The molecule has 3 heterocycles. The molecule has 4 aromatic rings. The van der Waals surface area contributed by atoms with Crippen LogP contribution in [0.4, 0.5) is 10.3 Å². The molecule has 0 saturated carbocycles. The fourth-order valence-corrected chi connectivity index (χ4v) is 5.43. The first-order valence-corrected chi connectivity index (χ1v) is 13.3. The number of alkyl halides is 1. The number of aromatic nitrogens is 4. The monoisotopic (exact) mass is 631 g/mol. The average Bonchev–Trinajstić information content (AvgIpc) is 3.43. The van der Waals surface area contributed by atoms with Crippen molar-refractivity contribution in [2.45, 2.75) is 37.3 Å². The second kappa shape index (κ2) is 11.8. The van der Waals surface area contributed by atoms with Crippen molar-refractivity contribution in [3.05, 3.63) is 84.3 Å². The number of nitrogens with one attached hydrogen (secondary N) is 1. The number of aliphatic hydroxyl groups is 1. The van der Waals surface area contributed by atoms with Crippen molar-refractivity contribution < 1.29 is 23.7 Å². The summed E-state index contributed by atoms with van der Waals surface area (Å²) in [6.07, 6.45) is -2.44. The molecule has 5 rings (SSSR count). The maximum absolute atomic E-state index is 14.8. The lowest BCUT2D eigenvalue weighted by Crippen LogP contribution is -2.50. The summed E-state index contributed by atoms with van der Waals surface area (Å²) in [6.45, 7) is -1.44. The lowest BCUT2D eigenvalue weighted by atomic mass is 9.95. The smallest absolute Gasteiger partial charge is 0.280 e. The summed E-state index contributed by atoms with van der Waals surface area (Å²) >= 11 is 24.5. The number of nitrogens with two attached hydrogens (primary N) is 1. The van der Waals surface area contributed by atoms with E-state index in [0.29, 0.717) is 31.2 Å². The van der Waals surface area contributed by atoms with Crippen LogP contribution in [0.15, 0.2) is 47.5 Å². The number of fused-ring (bicyclic) bond motifs is 1. The van der Waals surface area contributed by atoms with Crippen LogP contribution in [-0.2, 0) is 27.4 Å². The fourth-order valence-electron chi connectivity index (χ4n) is 4.50. The lowest BCUT2D eigenvalue weighted by molar-refractivity contribution is -0.136. The topological polar surface area (TPSA) is 138 Å². The van der Waals surface area contributed by atoms with E-state index in [4.69, 9.17) is 66.3 Å². The number of rotatable bonds is 9. The molecule has 1 aliphatic heterocycles. The number of benzene rings is 2. The highest BCUT2D eigenvalue weighted by Crippen LogP contribution is 2.42. The minimum Gasteiger partial charge on any atom is -0.380 e. The third kappa shape index (κ3) is 5.65. The standard InChI is InChI=1S/C25H22Cl4FN5O5/c26-14-3-1-12(16(28)5-14)7-38-9-18-20(39-8-13-2-4-15(27)6-17(13)29)25(37,10-30)23(40-18)35-11-32-19-21(35)33-24(31)34-22(19)36/h1-6,11,18,20,23,37H,7-10H2,(H3,31,33,34,36)/t18-,20-,23-,25-/m1/s1. The van der Waals surface area contributed by atoms with Gasteiger partial charge in [0.2, 0.25) is 5.95 Å². The first-order valence-electron chi connectivity index (χ1n) is 11.8. The molecule has 0 spiro atoms. The van der Waals surface area contributed by atoms with Gasteiger partial charge in [0.15, 0.2) is 23.0 Å². The maximum Gasteiger partial charge on any atom is 0.280 e. The Kier molecular flexibility index (Phi) is 8.55. The van der Waals surface area contributed by atoms with E-state index in [1.54, 1.807) is 36.4 Å². The van der Waals surface area contributed by atoms with Crippen molar-refractivity contribution in [3.8, 4) is 0 Å². The van der Waals surface area contributed by atoms with Gasteiger partial charge in [0, 0.05) is 20.1 Å². The van der Waals surface area contributed by atoms with Crippen molar-refractivity contribution in [2.24, 2.45) is 0 Å². The van der Waals surface area contributed by atoms with E-state index in [2.05, 4.69) is 15.0 Å². The summed E-state index contributed by atoms with van der Waals surface area (Å²) in [5.74, 6) is -0.189. The Morgan fingerprint density at radius 1 is 1.10 bits per heavy atom. The fraction of sp³-hybridized carbons (Fsp3) is 0.320. The number of halogens is 5. The molecule has 0 aliphatic carbocycles. The Labute approximate surface area is 246 Å². The Hall–Kier alpha value is -2.48. The van der Waals surface area contributed by atoms with E-state index in [9.17, 15) is 14.3 Å². The van der Waals surface area contributed by atoms with E-state index in [1.807, 2.05) is 0 Å². The number of hydrogen-bond acceptors (Lipinski definition) is 8. The van der Waals surface area contributed by atoms with Gasteiger partial charge in [-0.3, -0.25) is 14.3 Å². The van der Waals surface area contributed by atoms with Crippen molar-refractivity contribution >= 4 is 63.5 Å². The third-order valence-corrected chi connectivity index (χ3v) is 7.64. The Balaban J connectivity index is 1.45. The van der Waals surface area contributed by atoms with Gasteiger partial charge in [-0.15, -0.1) is 0 Å². The molecular weight excluding hydrogens is 611 g/mol. The van der Waals surface area contributed by atoms with Gasteiger partial charge in [0.1, 0.15) is 18.9 Å². The molecular formula is C25H22Cl4FN5O5. The molecule has 1 fully saturated rings. The van der Waals surface area contributed by atoms with Crippen LogP contribution in [0.2, 0.25) is 20.1 Å². The van der Waals surface area contributed by atoms with Gasteiger partial charge >= 0.3 is 0 Å². The van der Waals surface area contributed by atoms with Gasteiger partial charge in [-0.2, -0.15) is 4.98 Å². The number of H-pyrrole nitrogens is 1. The van der Waals surface area contributed by atoms with Gasteiger partial charge in [-0.05, 0) is 35.4 Å². The van der Waals surface area contributed by atoms with E-state index < -0.39 is 36.3 Å². The number of aromatic amines is 1. The summed E-state index contributed by atoms with van der Waals surface area (Å²) in [7, 11) is 0. The third-order valence-electron chi connectivity index (χ3n) is 6.47. The zero-order valence-corrected chi connectivity index (χ0v) is 23.5. The highest BCUT2D eigenvalue weighted by atomic mass is 35.5. The summed E-state index contributed by atoms with van der Waals surface area (Å²) < 4.78 is 34.0. The quantitative estimate of drug-likeness (QED) is 0.241. The predicted octanol–water partition coefficient (Wildman–Crippen LogP) is 4.72. The molecule has 1 saturated heterocycles.